The number of aromatic hydroxyl groups is 1. The first-order chi connectivity index (χ1) is 23.6. The monoisotopic (exact) mass is 671 g/mol. The van der Waals surface area contributed by atoms with Crippen LogP contribution in [0.5, 0.6) is 5.75 Å². The molecule has 0 atom stereocenters. The molecule has 0 spiro atoms. The lowest BCUT2D eigenvalue weighted by atomic mass is 10.2. The summed E-state index contributed by atoms with van der Waals surface area (Å²) in [7, 11) is 0. The second-order valence-electron chi connectivity index (χ2n) is 11.0. The van der Waals surface area contributed by atoms with Crippen molar-refractivity contribution in [3.05, 3.63) is 30.6 Å². The standard InChI is InChI=1S/C33H49N7O8/c1-2-10-43-12-14-45-16-18-47-20-21-48-19-17-46-15-13-44-11-7-29(42)35-8-3-4-9-40-33-30(32(34)36-24-37-33)31(39-40)28-23-25-22-26(41)5-6-27(25)38-28/h5-6,22-24,38,41H,2-4,7-21H2,1H3,(H,35,42)(H2,34,36,37). The number of anilines is 1. The molecule has 48 heavy (non-hydrogen) atoms. The number of fused-ring (bicyclic) bond motifs is 2. The Balaban J connectivity index is 0.996. The number of carbonyl (C=O) groups excluding carboxylic acids is 1. The SMILES string of the molecule is CCCOCCOCCOCCOCCOCCOCCC(=O)NCCCCn1nc(-c2cc3cc(O)ccc3[nH]2)c2c(N)ncnc21. The normalized spacial score (nSPS) is 11.6. The van der Waals surface area contributed by atoms with Gasteiger partial charge in [0.15, 0.2) is 5.65 Å². The van der Waals surface area contributed by atoms with Crippen molar-refractivity contribution in [2.45, 2.75) is 39.2 Å². The Kier molecular flexibility index (Phi) is 16.3. The van der Waals surface area contributed by atoms with Crippen molar-refractivity contribution < 1.29 is 38.3 Å². The molecule has 4 aromatic rings. The highest BCUT2D eigenvalue weighted by atomic mass is 16.6. The lowest BCUT2D eigenvalue weighted by molar-refractivity contribution is -0.122. The van der Waals surface area contributed by atoms with Gasteiger partial charge in [0.25, 0.3) is 0 Å². The molecule has 0 bridgehead atoms. The number of nitrogens with one attached hydrogen (secondary N) is 2. The van der Waals surface area contributed by atoms with Crippen LogP contribution in [0.3, 0.4) is 0 Å². The van der Waals surface area contributed by atoms with Crippen LogP contribution in [0, 0.1) is 0 Å². The fraction of sp³-hybridized carbons (Fsp3) is 0.576. The van der Waals surface area contributed by atoms with Gasteiger partial charge in [-0.2, -0.15) is 5.10 Å². The van der Waals surface area contributed by atoms with Crippen molar-refractivity contribution in [2.75, 3.05) is 91.6 Å². The van der Waals surface area contributed by atoms with Gasteiger partial charge >= 0.3 is 0 Å². The molecule has 0 radical (unpaired) electrons. The summed E-state index contributed by atoms with van der Waals surface area (Å²) in [6.45, 7) is 9.38. The number of nitrogens with zero attached hydrogens (tertiary/aromatic N) is 4. The predicted octanol–water partition coefficient (Wildman–Crippen LogP) is 3.06. The lowest BCUT2D eigenvalue weighted by Gasteiger charge is -2.08. The van der Waals surface area contributed by atoms with Crippen LogP contribution in [0.1, 0.15) is 32.6 Å². The molecule has 0 saturated carbocycles. The third kappa shape index (κ3) is 12.3. The number of aromatic amines is 1. The van der Waals surface area contributed by atoms with Crippen molar-refractivity contribution in [3.63, 3.8) is 0 Å². The summed E-state index contributed by atoms with van der Waals surface area (Å²) in [5.41, 5.74) is 9.14. The van der Waals surface area contributed by atoms with Gasteiger partial charge < -0.3 is 49.6 Å². The molecule has 15 heteroatoms. The first kappa shape index (κ1) is 37.0. The van der Waals surface area contributed by atoms with Gasteiger partial charge in [0.1, 0.15) is 23.6 Å². The predicted molar refractivity (Wildman–Crippen MR) is 181 cm³/mol. The number of aryl methyl sites for hydroxylation is 1. The molecule has 0 unspecified atom stereocenters. The van der Waals surface area contributed by atoms with Gasteiger partial charge in [-0.05, 0) is 43.5 Å². The van der Waals surface area contributed by atoms with Crippen molar-refractivity contribution in [1.29, 1.82) is 0 Å². The number of phenols is 1. The molecule has 1 aromatic carbocycles. The van der Waals surface area contributed by atoms with Crippen molar-refractivity contribution in [3.8, 4) is 17.1 Å². The van der Waals surface area contributed by atoms with E-state index in [9.17, 15) is 9.90 Å². The van der Waals surface area contributed by atoms with E-state index in [0.29, 0.717) is 108 Å². The summed E-state index contributed by atoms with van der Waals surface area (Å²) in [6.07, 6.45) is 4.26. The highest BCUT2D eigenvalue weighted by Gasteiger charge is 2.18. The topological polar surface area (TPSA) is 190 Å². The van der Waals surface area contributed by atoms with E-state index < -0.39 is 0 Å². The Hall–Kier alpha value is -3.86. The zero-order valence-electron chi connectivity index (χ0n) is 27.8. The van der Waals surface area contributed by atoms with Crippen LogP contribution in [0.25, 0.3) is 33.3 Å². The Bertz CT molecular complexity index is 1510. The van der Waals surface area contributed by atoms with Crippen LogP contribution in [-0.4, -0.2) is 122 Å². The third-order valence-electron chi connectivity index (χ3n) is 7.22. The number of nitrogens with two attached hydrogens (primary N) is 1. The van der Waals surface area contributed by atoms with Gasteiger partial charge in [-0.25, -0.2) is 14.6 Å². The first-order valence-electron chi connectivity index (χ1n) is 16.6. The zero-order valence-corrected chi connectivity index (χ0v) is 27.8. The quantitative estimate of drug-likeness (QED) is 0.0715. The number of amides is 1. The lowest BCUT2D eigenvalue weighted by Crippen LogP contribution is -2.26. The number of unbranched alkanes of at least 4 members (excludes halogenated alkanes) is 1. The number of carbonyl (C=O) groups is 1. The number of phenolic OH excluding ortho intramolecular Hbond substituents is 1. The minimum atomic E-state index is -0.0590. The largest absolute Gasteiger partial charge is 0.508 e. The van der Waals surface area contributed by atoms with Gasteiger partial charge in [0.2, 0.25) is 5.91 Å². The molecule has 0 aliphatic rings. The van der Waals surface area contributed by atoms with E-state index in [2.05, 4.69) is 27.2 Å². The van der Waals surface area contributed by atoms with E-state index in [1.165, 1.54) is 6.33 Å². The van der Waals surface area contributed by atoms with Crippen molar-refractivity contribution in [1.82, 2.24) is 30.0 Å². The number of benzene rings is 1. The fourth-order valence-electron chi connectivity index (χ4n) is 4.84. The van der Waals surface area contributed by atoms with Gasteiger partial charge in [-0.15, -0.1) is 0 Å². The molecule has 0 aliphatic heterocycles. The van der Waals surface area contributed by atoms with Crippen LogP contribution in [0.4, 0.5) is 5.82 Å². The molecular formula is C33H49N7O8. The number of rotatable bonds is 26. The number of ether oxygens (including phenoxy) is 6. The Labute approximate surface area is 280 Å². The summed E-state index contributed by atoms with van der Waals surface area (Å²) in [5, 5.41) is 19.1. The van der Waals surface area contributed by atoms with E-state index in [4.69, 9.17) is 39.3 Å². The Morgan fingerprint density at radius 3 is 2.12 bits per heavy atom. The molecular weight excluding hydrogens is 622 g/mol. The second kappa shape index (κ2) is 21.2. The maximum atomic E-state index is 12.2. The average Bonchev–Trinajstić information content (AvgIpc) is 3.67. The molecule has 5 N–H and O–H groups in total. The van der Waals surface area contributed by atoms with Crippen LogP contribution < -0.4 is 11.1 Å². The smallest absolute Gasteiger partial charge is 0.222 e. The van der Waals surface area contributed by atoms with E-state index in [1.807, 2.05) is 16.8 Å². The average molecular weight is 672 g/mol. The summed E-state index contributed by atoms with van der Waals surface area (Å²) < 4.78 is 34.5. The molecule has 0 aliphatic carbocycles. The minimum Gasteiger partial charge on any atom is -0.508 e. The fourth-order valence-corrected chi connectivity index (χ4v) is 4.84. The van der Waals surface area contributed by atoms with Crippen LogP contribution in [-0.2, 0) is 39.8 Å². The summed E-state index contributed by atoms with van der Waals surface area (Å²) in [5.74, 6) is 0.474. The number of nitrogen functional groups attached to an aromatic ring is 1. The van der Waals surface area contributed by atoms with E-state index in [-0.39, 0.29) is 18.1 Å². The van der Waals surface area contributed by atoms with Crippen LogP contribution in [0.15, 0.2) is 30.6 Å². The molecule has 0 fully saturated rings. The number of hydrogen-bond donors (Lipinski definition) is 4. The highest BCUT2D eigenvalue weighted by Crippen LogP contribution is 2.32. The van der Waals surface area contributed by atoms with Crippen molar-refractivity contribution >= 4 is 33.7 Å². The van der Waals surface area contributed by atoms with E-state index >= 15 is 0 Å². The van der Waals surface area contributed by atoms with Crippen LogP contribution in [0.2, 0.25) is 0 Å². The summed E-state index contributed by atoms with van der Waals surface area (Å²) in [4.78, 5) is 24.1. The Morgan fingerprint density at radius 1 is 0.854 bits per heavy atom. The van der Waals surface area contributed by atoms with Gasteiger partial charge in [0.05, 0.1) is 83.8 Å². The molecule has 1 amide bonds. The molecule has 3 heterocycles. The van der Waals surface area contributed by atoms with Crippen molar-refractivity contribution in [2.24, 2.45) is 0 Å². The first-order valence-corrected chi connectivity index (χ1v) is 16.6. The third-order valence-corrected chi connectivity index (χ3v) is 7.22. The number of aromatic nitrogens is 5. The molecule has 4 rings (SSSR count). The zero-order chi connectivity index (χ0) is 33.8. The van der Waals surface area contributed by atoms with E-state index in [0.717, 1.165) is 42.5 Å². The summed E-state index contributed by atoms with van der Waals surface area (Å²) >= 11 is 0. The molecule has 15 nitrogen and oxygen atoms in total. The van der Waals surface area contributed by atoms with Crippen LogP contribution >= 0.6 is 0 Å². The highest BCUT2D eigenvalue weighted by molar-refractivity contribution is 5.99. The second-order valence-corrected chi connectivity index (χ2v) is 11.0. The maximum absolute atomic E-state index is 12.2. The Morgan fingerprint density at radius 2 is 1.48 bits per heavy atom. The summed E-state index contributed by atoms with van der Waals surface area (Å²) in [6, 6.07) is 7.04. The molecule has 0 saturated heterocycles. The maximum Gasteiger partial charge on any atom is 0.222 e. The number of hydrogen-bond acceptors (Lipinski definition) is 12. The molecule has 264 valence electrons. The van der Waals surface area contributed by atoms with Gasteiger partial charge in [-0.1, -0.05) is 6.92 Å². The van der Waals surface area contributed by atoms with E-state index in [1.54, 1.807) is 12.1 Å². The number of H-pyrrole nitrogens is 1. The van der Waals surface area contributed by atoms with Gasteiger partial charge in [0, 0.05) is 37.0 Å². The minimum absolute atomic E-state index is 0.0590. The van der Waals surface area contributed by atoms with Gasteiger partial charge in [-0.3, -0.25) is 4.79 Å². The molecule has 3 aromatic heterocycles.